The van der Waals surface area contributed by atoms with Gasteiger partial charge in [-0.2, -0.15) is 0 Å². The number of hydrogen-bond donors (Lipinski definition) is 1. The third-order valence-electron chi connectivity index (χ3n) is 1.97. The fourth-order valence-corrected chi connectivity index (χ4v) is 2.39. The molecule has 5 heteroatoms. The maximum atomic E-state index is 13.2. The number of halogens is 2. The molecule has 15 heavy (non-hydrogen) atoms. The van der Waals surface area contributed by atoms with Gasteiger partial charge in [0.15, 0.2) is 5.13 Å². The summed E-state index contributed by atoms with van der Waals surface area (Å²) >= 11 is 4.64. The summed E-state index contributed by atoms with van der Waals surface area (Å²) in [5.41, 5.74) is 6.42. The smallest absolute Gasteiger partial charge is 0.180 e. The van der Waals surface area contributed by atoms with Crippen LogP contribution in [0.15, 0.2) is 28.9 Å². The van der Waals surface area contributed by atoms with Gasteiger partial charge in [0.2, 0.25) is 0 Å². The summed E-state index contributed by atoms with van der Waals surface area (Å²) in [7, 11) is 0. The van der Waals surface area contributed by atoms with Crippen molar-refractivity contribution in [3.63, 3.8) is 0 Å². The number of benzene rings is 1. The quantitative estimate of drug-likeness (QED) is 0.921. The summed E-state index contributed by atoms with van der Waals surface area (Å²) < 4.78 is 13.7. The first-order valence-corrected chi connectivity index (χ1v) is 5.91. The van der Waals surface area contributed by atoms with Gasteiger partial charge in [-0.15, -0.1) is 11.3 Å². The van der Waals surface area contributed by atoms with Crippen molar-refractivity contribution < 1.29 is 4.39 Å². The Balaban J connectivity index is 2.28. The van der Waals surface area contributed by atoms with Crippen molar-refractivity contribution in [3.8, 4) is 0 Å². The number of thiazole rings is 1. The van der Waals surface area contributed by atoms with E-state index in [1.165, 1.54) is 17.4 Å². The average molecular weight is 287 g/mol. The molecule has 0 radical (unpaired) electrons. The summed E-state index contributed by atoms with van der Waals surface area (Å²) in [5, 5.41) is 0.539. The Kier molecular flexibility index (Phi) is 3.02. The second kappa shape index (κ2) is 4.28. The Morgan fingerprint density at radius 1 is 1.47 bits per heavy atom. The van der Waals surface area contributed by atoms with E-state index in [2.05, 4.69) is 20.9 Å². The van der Waals surface area contributed by atoms with Gasteiger partial charge in [-0.25, -0.2) is 9.37 Å². The molecule has 0 fully saturated rings. The van der Waals surface area contributed by atoms with Crippen LogP contribution < -0.4 is 5.73 Å². The first-order chi connectivity index (χ1) is 7.16. The Hall–Kier alpha value is -0.940. The first-order valence-electron chi connectivity index (χ1n) is 4.30. The molecule has 0 saturated carbocycles. The molecule has 0 amide bonds. The number of nitrogen functional groups attached to an aromatic ring is 1. The lowest BCUT2D eigenvalue weighted by Crippen LogP contribution is -1.89. The molecule has 0 aliphatic rings. The molecule has 0 aliphatic heterocycles. The van der Waals surface area contributed by atoms with Gasteiger partial charge in [0.25, 0.3) is 0 Å². The third kappa shape index (κ3) is 2.35. The minimum absolute atomic E-state index is 0.245. The van der Waals surface area contributed by atoms with Gasteiger partial charge >= 0.3 is 0 Å². The minimum atomic E-state index is -0.245. The fourth-order valence-electron chi connectivity index (χ4n) is 1.28. The fraction of sp³-hybridized carbons (Fsp3) is 0.100. The lowest BCUT2D eigenvalue weighted by Gasteiger charge is -2.02. The number of hydrogen-bond acceptors (Lipinski definition) is 3. The zero-order valence-electron chi connectivity index (χ0n) is 7.71. The summed E-state index contributed by atoms with van der Waals surface area (Å²) in [4.78, 5) is 4.98. The predicted molar refractivity (Wildman–Crippen MR) is 63.4 cm³/mol. The predicted octanol–water partition coefficient (Wildman–Crippen LogP) is 3.22. The number of nitrogens with zero attached hydrogens (tertiary/aromatic N) is 1. The van der Waals surface area contributed by atoms with Crippen molar-refractivity contribution in [2.45, 2.75) is 6.42 Å². The number of aromatic nitrogens is 1. The van der Waals surface area contributed by atoms with Crippen LogP contribution in [0.5, 0.6) is 0 Å². The zero-order valence-corrected chi connectivity index (χ0v) is 10.1. The summed E-state index contributed by atoms with van der Waals surface area (Å²) in [6, 6.07) is 5.00. The van der Waals surface area contributed by atoms with Crippen LogP contribution in [0.25, 0.3) is 0 Å². The van der Waals surface area contributed by atoms with E-state index in [-0.39, 0.29) is 5.82 Å². The Morgan fingerprint density at radius 2 is 2.27 bits per heavy atom. The molecule has 1 aromatic heterocycles. The molecule has 2 rings (SSSR count). The number of nitrogens with two attached hydrogens (primary N) is 1. The number of rotatable bonds is 2. The van der Waals surface area contributed by atoms with Gasteiger partial charge in [-0.3, -0.25) is 0 Å². The van der Waals surface area contributed by atoms with Gasteiger partial charge in [0.1, 0.15) is 5.82 Å². The van der Waals surface area contributed by atoms with Crippen LogP contribution in [-0.4, -0.2) is 4.98 Å². The monoisotopic (exact) mass is 286 g/mol. The van der Waals surface area contributed by atoms with Gasteiger partial charge in [-0.1, -0.05) is 12.1 Å². The van der Waals surface area contributed by atoms with Gasteiger partial charge in [0, 0.05) is 17.5 Å². The molecule has 0 atom stereocenters. The molecule has 2 nitrogen and oxygen atoms in total. The molecule has 0 aliphatic carbocycles. The van der Waals surface area contributed by atoms with Crippen molar-refractivity contribution in [2.75, 3.05) is 5.73 Å². The first kappa shape index (κ1) is 10.6. The average Bonchev–Trinajstić information content (AvgIpc) is 2.59. The molecule has 1 heterocycles. The lowest BCUT2D eigenvalue weighted by atomic mass is 10.1. The molecule has 78 valence electrons. The van der Waals surface area contributed by atoms with Crippen molar-refractivity contribution in [1.29, 1.82) is 0 Å². The van der Waals surface area contributed by atoms with E-state index in [0.717, 1.165) is 10.4 Å². The highest BCUT2D eigenvalue weighted by atomic mass is 79.9. The van der Waals surface area contributed by atoms with Gasteiger partial charge < -0.3 is 5.73 Å². The third-order valence-corrected chi connectivity index (χ3v) is 3.68. The van der Waals surface area contributed by atoms with Crippen molar-refractivity contribution in [3.05, 3.63) is 45.1 Å². The molecule has 0 bridgehead atoms. The highest BCUT2D eigenvalue weighted by Gasteiger charge is 2.07. The van der Waals surface area contributed by atoms with Crippen molar-refractivity contribution in [2.24, 2.45) is 0 Å². The zero-order chi connectivity index (χ0) is 10.8. The van der Waals surface area contributed by atoms with E-state index in [1.54, 1.807) is 12.3 Å². The molecular formula is C10H8BrFN2S. The van der Waals surface area contributed by atoms with Gasteiger partial charge in [0.05, 0.1) is 4.47 Å². The SMILES string of the molecule is Nc1ncc(Cc2cccc(F)c2Br)s1. The Morgan fingerprint density at radius 3 is 2.93 bits per heavy atom. The van der Waals surface area contributed by atoms with E-state index in [4.69, 9.17) is 5.73 Å². The van der Waals surface area contributed by atoms with Crippen LogP contribution in [0, 0.1) is 5.82 Å². The largest absolute Gasteiger partial charge is 0.375 e. The maximum Gasteiger partial charge on any atom is 0.180 e. The molecule has 2 N–H and O–H groups in total. The Bertz CT molecular complexity index is 484. The molecule has 2 aromatic rings. The van der Waals surface area contributed by atoms with Crippen LogP contribution in [-0.2, 0) is 6.42 Å². The normalized spacial score (nSPS) is 10.5. The van der Waals surface area contributed by atoms with Crippen molar-refractivity contribution >= 4 is 32.4 Å². The highest BCUT2D eigenvalue weighted by Crippen LogP contribution is 2.25. The lowest BCUT2D eigenvalue weighted by molar-refractivity contribution is 0.619. The Labute approximate surface area is 99.1 Å². The minimum Gasteiger partial charge on any atom is -0.375 e. The van der Waals surface area contributed by atoms with Crippen LogP contribution in [0.2, 0.25) is 0 Å². The van der Waals surface area contributed by atoms with Crippen LogP contribution in [0.3, 0.4) is 0 Å². The van der Waals surface area contributed by atoms with E-state index in [9.17, 15) is 4.39 Å². The molecule has 1 aromatic carbocycles. The summed E-state index contributed by atoms with van der Waals surface area (Å²) in [6.07, 6.45) is 2.37. The number of anilines is 1. The molecular weight excluding hydrogens is 279 g/mol. The molecule has 0 spiro atoms. The maximum absolute atomic E-state index is 13.2. The van der Waals surface area contributed by atoms with E-state index in [0.29, 0.717) is 16.0 Å². The van der Waals surface area contributed by atoms with E-state index >= 15 is 0 Å². The van der Waals surface area contributed by atoms with E-state index < -0.39 is 0 Å². The standard InChI is InChI=1S/C10H8BrFN2S/c11-9-6(2-1-3-8(9)12)4-7-5-14-10(13)15-7/h1-3,5H,4H2,(H2,13,14). The van der Waals surface area contributed by atoms with Crippen LogP contribution >= 0.6 is 27.3 Å². The molecule has 0 saturated heterocycles. The topological polar surface area (TPSA) is 38.9 Å². The van der Waals surface area contributed by atoms with Crippen LogP contribution in [0.4, 0.5) is 9.52 Å². The van der Waals surface area contributed by atoms with Crippen LogP contribution in [0.1, 0.15) is 10.4 Å². The van der Waals surface area contributed by atoms with E-state index in [1.807, 2.05) is 6.07 Å². The van der Waals surface area contributed by atoms with Crippen molar-refractivity contribution in [1.82, 2.24) is 4.98 Å². The summed E-state index contributed by atoms with van der Waals surface area (Å²) in [5.74, 6) is -0.245. The molecule has 0 unspecified atom stereocenters. The van der Waals surface area contributed by atoms with Gasteiger partial charge in [-0.05, 0) is 27.6 Å². The second-order valence-corrected chi connectivity index (χ2v) is 4.99. The summed E-state index contributed by atoms with van der Waals surface area (Å²) in [6.45, 7) is 0. The highest BCUT2D eigenvalue weighted by molar-refractivity contribution is 9.10. The second-order valence-electron chi connectivity index (χ2n) is 3.05.